The molecule has 7 heteroatoms. The fraction of sp³-hybridized carbons (Fsp3) is 0.316. The molecule has 1 amide bonds. The van der Waals surface area contributed by atoms with Crippen LogP contribution in [0, 0.1) is 12.8 Å². The van der Waals surface area contributed by atoms with Gasteiger partial charge in [-0.1, -0.05) is 17.7 Å². The zero-order valence-electron chi connectivity index (χ0n) is 14.8. The summed E-state index contributed by atoms with van der Waals surface area (Å²) in [6, 6.07) is 14.0. The second-order valence-electron chi connectivity index (χ2n) is 6.44. The van der Waals surface area contributed by atoms with Crippen LogP contribution in [0.5, 0.6) is 5.75 Å². The Labute approximate surface area is 153 Å². The van der Waals surface area contributed by atoms with Gasteiger partial charge in [0.15, 0.2) is 0 Å². The number of hydrogen-bond donors (Lipinski definition) is 1. The molecule has 6 nitrogen and oxygen atoms in total. The van der Waals surface area contributed by atoms with Crippen LogP contribution < -0.4 is 14.4 Å². The molecule has 0 bridgehead atoms. The van der Waals surface area contributed by atoms with Crippen molar-refractivity contribution >= 4 is 21.6 Å². The van der Waals surface area contributed by atoms with E-state index >= 15 is 0 Å². The average molecular weight is 374 g/mol. The van der Waals surface area contributed by atoms with Gasteiger partial charge in [-0.25, -0.2) is 13.1 Å². The van der Waals surface area contributed by atoms with Gasteiger partial charge < -0.3 is 9.64 Å². The second kappa shape index (κ2) is 7.47. The third kappa shape index (κ3) is 4.05. The summed E-state index contributed by atoms with van der Waals surface area (Å²) in [5.74, 6) is 0.554. The number of rotatable bonds is 6. The van der Waals surface area contributed by atoms with Crippen LogP contribution in [0.25, 0.3) is 0 Å². The maximum atomic E-state index is 12.4. The van der Waals surface area contributed by atoms with Gasteiger partial charge in [0, 0.05) is 25.2 Å². The monoisotopic (exact) mass is 374 g/mol. The predicted octanol–water partition coefficient (Wildman–Crippen LogP) is 2.34. The topological polar surface area (TPSA) is 75.7 Å². The Balaban J connectivity index is 1.62. The van der Waals surface area contributed by atoms with Gasteiger partial charge in [0.1, 0.15) is 5.75 Å². The van der Waals surface area contributed by atoms with Crippen molar-refractivity contribution in [1.82, 2.24) is 4.72 Å². The number of nitrogens with one attached hydrogen (secondary N) is 1. The molecule has 0 aromatic heterocycles. The number of carbonyl (C=O) groups excluding carboxylic acids is 1. The Morgan fingerprint density at radius 2 is 1.77 bits per heavy atom. The molecule has 0 spiro atoms. The van der Waals surface area contributed by atoms with Crippen molar-refractivity contribution < 1.29 is 17.9 Å². The van der Waals surface area contributed by atoms with Crippen LogP contribution >= 0.6 is 0 Å². The molecule has 2 aromatic carbocycles. The molecule has 1 atom stereocenters. The SMILES string of the molecule is COc1ccc(S(=O)(=O)NC[C@@H]2CC(=O)N(c3ccc(C)cc3)C2)cc1. The summed E-state index contributed by atoms with van der Waals surface area (Å²) in [4.78, 5) is 14.2. The third-order valence-corrected chi connectivity index (χ3v) is 5.92. The van der Waals surface area contributed by atoms with E-state index in [-0.39, 0.29) is 23.3 Å². The van der Waals surface area contributed by atoms with Crippen LogP contribution in [0.2, 0.25) is 0 Å². The van der Waals surface area contributed by atoms with Crippen molar-refractivity contribution in [2.75, 3.05) is 25.1 Å². The van der Waals surface area contributed by atoms with Crippen molar-refractivity contribution in [2.24, 2.45) is 5.92 Å². The molecule has 1 heterocycles. The Hall–Kier alpha value is -2.38. The lowest BCUT2D eigenvalue weighted by Gasteiger charge is -2.17. The number of sulfonamides is 1. The molecule has 3 rings (SSSR count). The van der Waals surface area contributed by atoms with Crippen molar-refractivity contribution in [3.8, 4) is 5.75 Å². The summed E-state index contributed by atoms with van der Waals surface area (Å²) in [5.41, 5.74) is 1.98. The minimum Gasteiger partial charge on any atom is -0.497 e. The summed E-state index contributed by atoms with van der Waals surface area (Å²) in [6.07, 6.45) is 0.332. The second-order valence-corrected chi connectivity index (χ2v) is 8.20. The van der Waals surface area contributed by atoms with Gasteiger partial charge in [-0.05, 0) is 49.2 Å². The van der Waals surface area contributed by atoms with Crippen molar-refractivity contribution in [1.29, 1.82) is 0 Å². The molecule has 1 saturated heterocycles. The highest BCUT2D eigenvalue weighted by Crippen LogP contribution is 2.25. The number of methoxy groups -OCH3 is 1. The predicted molar refractivity (Wildman–Crippen MR) is 99.8 cm³/mol. The van der Waals surface area contributed by atoms with Gasteiger partial charge in [0.05, 0.1) is 12.0 Å². The minimum atomic E-state index is -3.61. The van der Waals surface area contributed by atoms with Gasteiger partial charge in [-0.2, -0.15) is 0 Å². The Morgan fingerprint density at radius 1 is 1.12 bits per heavy atom. The van der Waals surface area contributed by atoms with E-state index in [2.05, 4.69) is 4.72 Å². The van der Waals surface area contributed by atoms with Crippen molar-refractivity contribution in [2.45, 2.75) is 18.2 Å². The van der Waals surface area contributed by atoms with Crippen LogP contribution in [-0.2, 0) is 14.8 Å². The van der Waals surface area contributed by atoms with Gasteiger partial charge in [-0.3, -0.25) is 4.79 Å². The molecular formula is C19H22N2O4S. The summed E-state index contributed by atoms with van der Waals surface area (Å²) in [7, 11) is -2.09. The number of carbonyl (C=O) groups is 1. The maximum Gasteiger partial charge on any atom is 0.240 e. The number of aryl methyl sites for hydroxylation is 1. The number of amides is 1. The van der Waals surface area contributed by atoms with Crippen LogP contribution in [0.3, 0.4) is 0 Å². The lowest BCUT2D eigenvalue weighted by molar-refractivity contribution is -0.117. The summed E-state index contributed by atoms with van der Waals surface area (Å²) < 4.78 is 32.5. The van der Waals surface area contributed by atoms with Gasteiger partial charge in [0.2, 0.25) is 15.9 Å². The van der Waals surface area contributed by atoms with Gasteiger partial charge in [0.25, 0.3) is 0 Å². The molecule has 0 saturated carbocycles. The highest BCUT2D eigenvalue weighted by molar-refractivity contribution is 7.89. The molecule has 1 fully saturated rings. The maximum absolute atomic E-state index is 12.4. The molecule has 1 aliphatic heterocycles. The zero-order chi connectivity index (χ0) is 18.7. The average Bonchev–Trinajstić information content (AvgIpc) is 3.02. The van der Waals surface area contributed by atoms with E-state index in [1.165, 1.54) is 19.2 Å². The van der Waals surface area contributed by atoms with E-state index in [0.717, 1.165) is 11.3 Å². The molecule has 1 aliphatic rings. The number of anilines is 1. The Kier molecular flexibility index (Phi) is 5.29. The largest absolute Gasteiger partial charge is 0.497 e. The molecule has 138 valence electrons. The molecule has 26 heavy (non-hydrogen) atoms. The first-order valence-corrected chi connectivity index (χ1v) is 9.88. The fourth-order valence-corrected chi connectivity index (χ4v) is 4.07. The molecule has 0 aliphatic carbocycles. The van der Waals surface area contributed by atoms with Crippen LogP contribution in [0.15, 0.2) is 53.4 Å². The molecular weight excluding hydrogens is 352 g/mol. The van der Waals surface area contributed by atoms with Crippen LogP contribution in [0.4, 0.5) is 5.69 Å². The molecule has 2 aromatic rings. The van der Waals surface area contributed by atoms with Crippen LogP contribution in [0.1, 0.15) is 12.0 Å². The molecule has 1 N–H and O–H groups in total. The number of hydrogen-bond acceptors (Lipinski definition) is 4. The van der Waals surface area contributed by atoms with E-state index < -0.39 is 10.0 Å². The molecule has 0 unspecified atom stereocenters. The highest BCUT2D eigenvalue weighted by Gasteiger charge is 2.31. The van der Waals surface area contributed by atoms with Gasteiger partial charge in [-0.15, -0.1) is 0 Å². The van der Waals surface area contributed by atoms with E-state index in [9.17, 15) is 13.2 Å². The van der Waals surface area contributed by atoms with E-state index in [4.69, 9.17) is 4.74 Å². The lowest BCUT2D eigenvalue weighted by Crippen LogP contribution is -2.31. The van der Waals surface area contributed by atoms with Crippen molar-refractivity contribution in [3.05, 3.63) is 54.1 Å². The Bertz CT molecular complexity index is 877. The van der Waals surface area contributed by atoms with E-state index in [1.54, 1.807) is 17.0 Å². The molecule has 0 radical (unpaired) electrons. The number of benzene rings is 2. The standard InChI is InChI=1S/C19H22N2O4S/c1-14-3-5-16(6-4-14)21-13-15(11-19(21)22)12-20-26(23,24)18-9-7-17(25-2)8-10-18/h3-10,15,20H,11-13H2,1-2H3/t15-/m0/s1. The minimum absolute atomic E-state index is 0.0162. The number of ether oxygens (including phenoxy) is 1. The quantitative estimate of drug-likeness (QED) is 0.842. The highest BCUT2D eigenvalue weighted by atomic mass is 32.2. The first-order chi connectivity index (χ1) is 12.4. The fourth-order valence-electron chi connectivity index (χ4n) is 2.96. The summed E-state index contributed by atoms with van der Waals surface area (Å²) in [5, 5.41) is 0. The summed E-state index contributed by atoms with van der Waals surface area (Å²) in [6.45, 7) is 2.72. The first-order valence-electron chi connectivity index (χ1n) is 8.40. The smallest absolute Gasteiger partial charge is 0.240 e. The normalized spacial score (nSPS) is 17.5. The van der Waals surface area contributed by atoms with E-state index in [1.807, 2.05) is 31.2 Å². The van der Waals surface area contributed by atoms with Crippen molar-refractivity contribution in [3.63, 3.8) is 0 Å². The zero-order valence-corrected chi connectivity index (χ0v) is 15.6. The van der Waals surface area contributed by atoms with Gasteiger partial charge >= 0.3 is 0 Å². The van der Waals surface area contributed by atoms with Crippen LogP contribution in [-0.4, -0.2) is 34.5 Å². The third-order valence-electron chi connectivity index (χ3n) is 4.48. The number of nitrogens with zero attached hydrogens (tertiary/aromatic N) is 1. The van der Waals surface area contributed by atoms with E-state index in [0.29, 0.717) is 18.7 Å². The Morgan fingerprint density at radius 3 is 2.38 bits per heavy atom. The lowest BCUT2D eigenvalue weighted by atomic mass is 10.1. The first kappa shape index (κ1) is 18.4. The summed E-state index contributed by atoms with van der Waals surface area (Å²) >= 11 is 0.